The molecule has 1 amide bonds. The molecule has 2 N–H and O–H groups in total. The highest BCUT2D eigenvalue weighted by molar-refractivity contribution is 9.10. The van der Waals surface area contributed by atoms with Crippen molar-refractivity contribution in [3.05, 3.63) is 34.3 Å². The zero-order chi connectivity index (χ0) is 13.1. The number of halogens is 1. The number of rotatable bonds is 2. The Morgan fingerprint density at radius 2 is 2.06 bits per heavy atom. The van der Waals surface area contributed by atoms with E-state index in [1.54, 1.807) is 0 Å². The molecule has 0 bridgehead atoms. The van der Waals surface area contributed by atoms with Crippen LogP contribution >= 0.6 is 15.9 Å². The van der Waals surface area contributed by atoms with Crippen LogP contribution in [0.2, 0.25) is 0 Å². The molecule has 0 unspecified atom stereocenters. The third-order valence-corrected chi connectivity index (χ3v) is 3.80. The van der Waals surface area contributed by atoms with Gasteiger partial charge in [-0.25, -0.2) is 4.79 Å². The molecule has 0 saturated carbocycles. The highest BCUT2D eigenvalue weighted by atomic mass is 79.9. The van der Waals surface area contributed by atoms with Gasteiger partial charge in [0, 0.05) is 29.2 Å². The Balaban J connectivity index is 2.02. The summed E-state index contributed by atoms with van der Waals surface area (Å²) in [4.78, 5) is 12.2. The Labute approximate surface area is 114 Å². The maximum atomic E-state index is 10.8. The van der Waals surface area contributed by atoms with Crippen LogP contribution in [-0.4, -0.2) is 34.9 Å². The normalized spacial score (nSPS) is 16.6. The first kappa shape index (κ1) is 13.1. The summed E-state index contributed by atoms with van der Waals surface area (Å²) in [7, 11) is 0. The van der Waals surface area contributed by atoms with Crippen LogP contribution in [0.15, 0.2) is 28.7 Å². The largest absolute Gasteiger partial charge is 0.465 e. The van der Waals surface area contributed by atoms with Crippen LogP contribution in [0.4, 0.5) is 4.79 Å². The van der Waals surface area contributed by atoms with Crippen molar-refractivity contribution in [3.63, 3.8) is 0 Å². The summed E-state index contributed by atoms with van der Waals surface area (Å²) in [5.41, 5.74) is 1.53. The molecule has 0 spiro atoms. The zero-order valence-electron chi connectivity index (χ0n) is 9.90. The summed E-state index contributed by atoms with van der Waals surface area (Å²) in [5.74, 6) is 0.162. The fraction of sp³-hybridized carbons (Fsp3) is 0.385. The predicted molar refractivity (Wildman–Crippen MR) is 73.3 cm³/mol. The van der Waals surface area contributed by atoms with Gasteiger partial charge in [-0.05, 0) is 30.5 Å². The van der Waals surface area contributed by atoms with Crippen molar-refractivity contribution >= 4 is 27.7 Å². The van der Waals surface area contributed by atoms with Gasteiger partial charge in [0.15, 0.2) is 0 Å². The number of hydrogen-bond donors (Lipinski definition) is 2. The maximum Gasteiger partial charge on any atom is 0.407 e. The molecular formula is C13H15BrN2O2. The molecule has 18 heavy (non-hydrogen) atoms. The molecule has 96 valence electrons. The van der Waals surface area contributed by atoms with E-state index in [-0.39, 0.29) is 5.92 Å². The van der Waals surface area contributed by atoms with Gasteiger partial charge in [0.1, 0.15) is 0 Å². The molecule has 1 aromatic rings. The summed E-state index contributed by atoms with van der Waals surface area (Å²) in [6, 6.07) is 7.71. The van der Waals surface area contributed by atoms with E-state index in [2.05, 4.69) is 15.9 Å². The van der Waals surface area contributed by atoms with Crippen LogP contribution in [0.1, 0.15) is 18.4 Å². The number of hydrogen-bond acceptors (Lipinski definition) is 2. The SMILES string of the molecule is N=C(c1cccc(Br)c1)C1CCN(C(=O)O)CC1. The number of carbonyl (C=O) groups is 1. The number of piperidine rings is 1. The van der Waals surface area contributed by atoms with Crippen molar-refractivity contribution in [1.82, 2.24) is 4.90 Å². The molecule has 1 aliphatic heterocycles. The van der Waals surface area contributed by atoms with Crippen molar-refractivity contribution in [2.24, 2.45) is 5.92 Å². The lowest BCUT2D eigenvalue weighted by atomic mass is 9.88. The van der Waals surface area contributed by atoms with Crippen LogP contribution in [-0.2, 0) is 0 Å². The average molecular weight is 311 g/mol. The van der Waals surface area contributed by atoms with Crippen LogP contribution in [0.5, 0.6) is 0 Å². The van der Waals surface area contributed by atoms with E-state index in [1.165, 1.54) is 4.90 Å². The fourth-order valence-corrected chi connectivity index (χ4v) is 2.65. The smallest absolute Gasteiger partial charge is 0.407 e. The first-order valence-electron chi connectivity index (χ1n) is 5.90. The number of nitrogens with one attached hydrogen (secondary N) is 1. The summed E-state index contributed by atoms with van der Waals surface area (Å²) in [5, 5.41) is 17.1. The molecule has 1 fully saturated rings. The Bertz CT molecular complexity index is 468. The van der Waals surface area contributed by atoms with Gasteiger partial charge in [0.05, 0.1) is 0 Å². The van der Waals surface area contributed by atoms with Crippen molar-refractivity contribution in [3.8, 4) is 0 Å². The van der Waals surface area contributed by atoms with Gasteiger partial charge in [-0.15, -0.1) is 0 Å². The van der Waals surface area contributed by atoms with Crippen molar-refractivity contribution < 1.29 is 9.90 Å². The average Bonchev–Trinajstić information content (AvgIpc) is 2.38. The molecule has 2 rings (SSSR count). The van der Waals surface area contributed by atoms with E-state index in [1.807, 2.05) is 24.3 Å². The third kappa shape index (κ3) is 2.90. The summed E-state index contributed by atoms with van der Waals surface area (Å²) >= 11 is 3.40. The van der Waals surface area contributed by atoms with Gasteiger partial charge in [-0.1, -0.05) is 28.1 Å². The van der Waals surface area contributed by atoms with Crippen molar-refractivity contribution in [2.45, 2.75) is 12.8 Å². The molecule has 0 aliphatic carbocycles. The van der Waals surface area contributed by atoms with Crippen LogP contribution in [0.25, 0.3) is 0 Å². The molecule has 5 heteroatoms. The first-order valence-corrected chi connectivity index (χ1v) is 6.69. The molecule has 1 heterocycles. The van der Waals surface area contributed by atoms with Gasteiger partial charge < -0.3 is 15.4 Å². The van der Waals surface area contributed by atoms with Gasteiger partial charge in [0.25, 0.3) is 0 Å². The van der Waals surface area contributed by atoms with Crippen LogP contribution < -0.4 is 0 Å². The van der Waals surface area contributed by atoms with E-state index < -0.39 is 6.09 Å². The Kier molecular flexibility index (Phi) is 4.01. The topological polar surface area (TPSA) is 64.4 Å². The van der Waals surface area contributed by atoms with Gasteiger partial charge in [-0.3, -0.25) is 0 Å². The van der Waals surface area contributed by atoms with E-state index in [9.17, 15) is 4.79 Å². The van der Waals surface area contributed by atoms with Crippen molar-refractivity contribution in [2.75, 3.05) is 13.1 Å². The second-order valence-electron chi connectivity index (χ2n) is 4.47. The molecule has 4 nitrogen and oxygen atoms in total. The third-order valence-electron chi connectivity index (χ3n) is 3.31. The minimum Gasteiger partial charge on any atom is -0.465 e. The summed E-state index contributed by atoms with van der Waals surface area (Å²) < 4.78 is 0.965. The molecular weight excluding hydrogens is 296 g/mol. The lowest BCUT2D eigenvalue weighted by molar-refractivity contribution is 0.131. The fourth-order valence-electron chi connectivity index (χ4n) is 2.25. The van der Waals surface area contributed by atoms with E-state index in [0.29, 0.717) is 18.8 Å². The number of amides is 1. The van der Waals surface area contributed by atoms with Gasteiger partial charge in [0.2, 0.25) is 0 Å². The van der Waals surface area contributed by atoms with Crippen molar-refractivity contribution in [1.29, 1.82) is 5.41 Å². The number of likely N-dealkylation sites (tertiary alicyclic amines) is 1. The highest BCUT2D eigenvalue weighted by Crippen LogP contribution is 2.23. The molecule has 1 saturated heterocycles. The molecule has 0 aromatic heterocycles. The Hall–Kier alpha value is -1.36. The molecule has 1 aromatic carbocycles. The second kappa shape index (κ2) is 5.52. The summed E-state index contributed by atoms with van der Waals surface area (Å²) in [6.45, 7) is 1.05. The first-order chi connectivity index (χ1) is 8.58. The number of benzene rings is 1. The lowest BCUT2D eigenvalue weighted by Crippen LogP contribution is -2.39. The quantitative estimate of drug-likeness (QED) is 0.824. The van der Waals surface area contributed by atoms with Gasteiger partial charge in [-0.2, -0.15) is 0 Å². The Morgan fingerprint density at radius 1 is 1.39 bits per heavy atom. The highest BCUT2D eigenvalue weighted by Gasteiger charge is 2.25. The van der Waals surface area contributed by atoms with E-state index >= 15 is 0 Å². The number of carboxylic acid groups (broad SMARTS) is 1. The molecule has 0 radical (unpaired) electrons. The molecule has 0 atom stereocenters. The second-order valence-corrected chi connectivity index (χ2v) is 5.38. The van der Waals surface area contributed by atoms with E-state index in [0.717, 1.165) is 22.9 Å². The number of nitrogens with zero attached hydrogens (tertiary/aromatic N) is 1. The van der Waals surface area contributed by atoms with Gasteiger partial charge >= 0.3 is 6.09 Å². The standard InChI is InChI=1S/C13H15BrN2O2/c14-11-3-1-2-10(8-11)12(15)9-4-6-16(7-5-9)13(17)18/h1-3,8-9,15H,4-7H2,(H,17,18). The minimum atomic E-state index is -0.859. The summed E-state index contributed by atoms with van der Waals surface area (Å²) in [6.07, 6.45) is 0.609. The minimum absolute atomic E-state index is 0.162. The Morgan fingerprint density at radius 3 is 2.61 bits per heavy atom. The van der Waals surface area contributed by atoms with Crippen LogP contribution in [0.3, 0.4) is 0 Å². The van der Waals surface area contributed by atoms with Crippen LogP contribution in [0, 0.1) is 11.3 Å². The monoisotopic (exact) mass is 310 g/mol. The molecule has 1 aliphatic rings. The van der Waals surface area contributed by atoms with E-state index in [4.69, 9.17) is 10.5 Å². The zero-order valence-corrected chi connectivity index (χ0v) is 11.5. The lowest BCUT2D eigenvalue weighted by Gasteiger charge is -2.30. The predicted octanol–water partition coefficient (Wildman–Crippen LogP) is 3.21. The maximum absolute atomic E-state index is 10.8.